The van der Waals surface area contributed by atoms with Gasteiger partial charge in [0.25, 0.3) is 0 Å². The molecule has 0 radical (unpaired) electrons. The lowest BCUT2D eigenvalue weighted by atomic mass is 10.1. The van der Waals surface area contributed by atoms with Gasteiger partial charge in [0.05, 0.1) is 24.1 Å². The predicted octanol–water partition coefficient (Wildman–Crippen LogP) is 3.55. The Balaban J connectivity index is 2.13. The molecule has 5 heteroatoms. The number of carbonyl (C=O) groups is 1. The second kappa shape index (κ2) is 6.59. The van der Waals surface area contributed by atoms with Gasteiger partial charge in [-0.25, -0.2) is 0 Å². The number of hydrogen-bond acceptors (Lipinski definition) is 4. The molecule has 0 bridgehead atoms. The Hall–Kier alpha value is -1.78. The minimum Gasteiger partial charge on any atom is -0.466 e. The number of nitrogens with two attached hydrogens (primary N) is 1. The molecule has 2 rings (SSSR count). The Morgan fingerprint density at radius 2 is 2.10 bits per heavy atom. The van der Waals surface area contributed by atoms with E-state index in [4.69, 9.17) is 26.5 Å². The van der Waals surface area contributed by atoms with Crippen LogP contribution in [0.5, 0.6) is 0 Å². The van der Waals surface area contributed by atoms with Gasteiger partial charge < -0.3 is 14.9 Å². The van der Waals surface area contributed by atoms with Gasteiger partial charge in [-0.05, 0) is 31.2 Å². The van der Waals surface area contributed by atoms with Crippen LogP contribution in [-0.2, 0) is 9.53 Å². The van der Waals surface area contributed by atoms with E-state index in [9.17, 15) is 4.79 Å². The molecule has 1 aromatic carbocycles. The first-order valence-corrected chi connectivity index (χ1v) is 6.75. The molecule has 0 spiro atoms. The highest BCUT2D eigenvalue weighted by Crippen LogP contribution is 2.30. The summed E-state index contributed by atoms with van der Waals surface area (Å²) in [4.78, 5) is 11.4. The lowest BCUT2D eigenvalue weighted by Gasteiger charge is -2.08. The van der Waals surface area contributed by atoms with Crippen LogP contribution in [0.1, 0.15) is 25.1 Å². The van der Waals surface area contributed by atoms with Crippen LogP contribution in [0, 0.1) is 0 Å². The van der Waals surface area contributed by atoms with Crippen molar-refractivity contribution in [2.24, 2.45) is 5.73 Å². The van der Waals surface area contributed by atoms with Gasteiger partial charge in [-0.1, -0.05) is 23.7 Å². The number of halogens is 1. The third kappa shape index (κ3) is 3.40. The fraction of sp³-hybridized carbons (Fsp3) is 0.267. The van der Waals surface area contributed by atoms with E-state index in [0.29, 0.717) is 23.2 Å². The number of hydrogen-bond donors (Lipinski definition) is 1. The van der Waals surface area contributed by atoms with Crippen molar-refractivity contribution in [1.29, 1.82) is 0 Å². The summed E-state index contributed by atoms with van der Waals surface area (Å²) in [5.41, 5.74) is 6.72. The van der Waals surface area contributed by atoms with Crippen LogP contribution in [0.4, 0.5) is 0 Å². The Bertz CT molecular complexity index is 594. The second-order valence-electron chi connectivity index (χ2n) is 4.30. The number of rotatable bonds is 5. The van der Waals surface area contributed by atoms with Crippen molar-refractivity contribution in [3.8, 4) is 11.3 Å². The number of ether oxygens (including phenoxy) is 1. The normalized spacial score (nSPS) is 12.2. The maximum Gasteiger partial charge on any atom is 0.307 e. The van der Waals surface area contributed by atoms with Crippen LogP contribution in [-0.4, -0.2) is 12.6 Å². The Kier molecular flexibility index (Phi) is 4.82. The standard InChI is InChI=1S/C15H16ClNO3/c1-2-19-15(18)9-12(17)14-8-7-13(20-14)10-5-3-4-6-11(10)16/h3-8,12H,2,9,17H2,1H3/t12-/m1/s1. The quantitative estimate of drug-likeness (QED) is 0.856. The van der Waals surface area contributed by atoms with E-state index >= 15 is 0 Å². The van der Waals surface area contributed by atoms with Crippen molar-refractivity contribution in [2.45, 2.75) is 19.4 Å². The smallest absolute Gasteiger partial charge is 0.307 e. The maximum atomic E-state index is 11.4. The zero-order valence-electron chi connectivity index (χ0n) is 11.1. The first kappa shape index (κ1) is 14.6. The molecule has 4 nitrogen and oxygen atoms in total. The molecule has 0 aliphatic heterocycles. The number of furan rings is 1. The zero-order chi connectivity index (χ0) is 14.5. The van der Waals surface area contributed by atoms with Gasteiger partial charge in [0.2, 0.25) is 0 Å². The largest absolute Gasteiger partial charge is 0.466 e. The summed E-state index contributed by atoms with van der Waals surface area (Å²) >= 11 is 6.11. The summed E-state index contributed by atoms with van der Waals surface area (Å²) in [6.07, 6.45) is 0.0866. The summed E-state index contributed by atoms with van der Waals surface area (Å²) in [5, 5.41) is 0.604. The van der Waals surface area contributed by atoms with Crippen LogP contribution in [0.2, 0.25) is 5.02 Å². The topological polar surface area (TPSA) is 65.5 Å². The van der Waals surface area contributed by atoms with Gasteiger partial charge in [-0.15, -0.1) is 0 Å². The summed E-state index contributed by atoms with van der Waals surface area (Å²) in [5.74, 6) is 0.827. The summed E-state index contributed by atoms with van der Waals surface area (Å²) in [6.45, 7) is 2.10. The summed E-state index contributed by atoms with van der Waals surface area (Å²) < 4.78 is 10.5. The Labute approximate surface area is 122 Å². The molecular weight excluding hydrogens is 278 g/mol. The van der Waals surface area contributed by atoms with E-state index in [2.05, 4.69) is 0 Å². The zero-order valence-corrected chi connectivity index (χ0v) is 11.9. The molecule has 106 valence electrons. The van der Waals surface area contributed by atoms with Crippen molar-refractivity contribution >= 4 is 17.6 Å². The molecule has 0 saturated carbocycles. The van der Waals surface area contributed by atoms with Crippen molar-refractivity contribution in [3.05, 3.63) is 47.2 Å². The lowest BCUT2D eigenvalue weighted by molar-refractivity contribution is -0.143. The van der Waals surface area contributed by atoms with Gasteiger partial charge in [0.1, 0.15) is 11.5 Å². The van der Waals surface area contributed by atoms with Crippen LogP contribution in [0.3, 0.4) is 0 Å². The minimum absolute atomic E-state index is 0.0866. The Morgan fingerprint density at radius 1 is 1.35 bits per heavy atom. The molecule has 0 aliphatic carbocycles. The molecule has 0 unspecified atom stereocenters. The number of carbonyl (C=O) groups excluding carboxylic acids is 1. The molecule has 2 N–H and O–H groups in total. The summed E-state index contributed by atoms with van der Waals surface area (Å²) in [6, 6.07) is 10.4. The van der Waals surface area contributed by atoms with E-state index < -0.39 is 6.04 Å². The van der Waals surface area contributed by atoms with Crippen molar-refractivity contribution in [2.75, 3.05) is 6.61 Å². The van der Waals surface area contributed by atoms with Crippen LogP contribution in [0.15, 0.2) is 40.8 Å². The van der Waals surface area contributed by atoms with Crippen molar-refractivity contribution in [1.82, 2.24) is 0 Å². The van der Waals surface area contributed by atoms with E-state index in [1.165, 1.54) is 0 Å². The first-order valence-electron chi connectivity index (χ1n) is 6.37. The highest BCUT2D eigenvalue weighted by Gasteiger charge is 2.17. The van der Waals surface area contributed by atoms with Gasteiger partial charge in [0.15, 0.2) is 0 Å². The number of esters is 1. The van der Waals surface area contributed by atoms with Crippen LogP contribution in [0.25, 0.3) is 11.3 Å². The average molecular weight is 294 g/mol. The number of benzene rings is 1. The van der Waals surface area contributed by atoms with E-state index in [-0.39, 0.29) is 12.4 Å². The third-order valence-electron chi connectivity index (χ3n) is 2.82. The molecule has 1 heterocycles. The molecule has 1 atom stereocenters. The molecule has 0 fully saturated rings. The molecule has 0 saturated heterocycles. The predicted molar refractivity (Wildman–Crippen MR) is 77.3 cm³/mol. The Morgan fingerprint density at radius 3 is 2.80 bits per heavy atom. The van der Waals surface area contributed by atoms with Crippen LogP contribution >= 0.6 is 11.6 Å². The molecular formula is C15H16ClNO3. The summed E-state index contributed by atoms with van der Waals surface area (Å²) in [7, 11) is 0. The third-order valence-corrected chi connectivity index (χ3v) is 3.15. The van der Waals surface area contributed by atoms with Crippen molar-refractivity contribution in [3.63, 3.8) is 0 Å². The molecule has 2 aromatic rings. The average Bonchev–Trinajstić information content (AvgIpc) is 2.89. The molecule has 0 aliphatic rings. The fourth-order valence-corrected chi connectivity index (χ4v) is 2.09. The van der Waals surface area contributed by atoms with E-state index in [1.807, 2.05) is 18.2 Å². The van der Waals surface area contributed by atoms with Gasteiger partial charge in [0, 0.05) is 5.56 Å². The second-order valence-corrected chi connectivity index (χ2v) is 4.70. The van der Waals surface area contributed by atoms with Crippen LogP contribution < -0.4 is 5.73 Å². The first-order chi connectivity index (χ1) is 9.61. The van der Waals surface area contributed by atoms with Gasteiger partial charge >= 0.3 is 5.97 Å². The maximum absolute atomic E-state index is 11.4. The monoisotopic (exact) mass is 293 g/mol. The van der Waals surface area contributed by atoms with Gasteiger partial charge in [-0.2, -0.15) is 0 Å². The fourth-order valence-electron chi connectivity index (χ4n) is 1.86. The SMILES string of the molecule is CCOC(=O)C[C@@H](N)c1ccc(-c2ccccc2Cl)o1. The van der Waals surface area contributed by atoms with E-state index in [1.54, 1.807) is 25.1 Å². The van der Waals surface area contributed by atoms with Crippen molar-refractivity contribution < 1.29 is 13.9 Å². The highest BCUT2D eigenvalue weighted by molar-refractivity contribution is 6.33. The molecule has 20 heavy (non-hydrogen) atoms. The lowest BCUT2D eigenvalue weighted by Crippen LogP contribution is -2.16. The highest BCUT2D eigenvalue weighted by atomic mass is 35.5. The van der Waals surface area contributed by atoms with Gasteiger partial charge in [-0.3, -0.25) is 4.79 Å². The minimum atomic E-state index is -0.523. The molecule has 0 amide bonds. The van der Waals surface area contributed by atoms with E-state index in [0.717, 1.165) is 5.56 Å². The molecule has 1 aromatic heterocycles.